The van der Waals surface area contributed by atoms with E-state index in [1.165, 1.54) is 13.0 Å². The molecule has 0 spiro atoms. The third-order valence-corrected chi connectivity index (χ3v) is 3.98. The van der Waals surface area contributed by atoms with Crippen LogP contribution >= 0.6 is 0 Å². The van der Waals surface area contributed by atoms with E-state index >= 15 is 0 Å². The molecule has 0 radical (unpaired) electrons. The lowest BCUT2D eigenvalue weighted by Gasteiger charge is -2.15. The quantitative estimate of drug-likeness (QED) is 0.680. The van der Waals surface area contributed by atoms with Crippen molar-refractivity contribution < 1.29 is 28.2 Å². The molecule has 7 heteroatoms. The predicted octanol–water partition coefficient (Wildman–Crippen LogP) is 4.01. The Morgan fingerprint density at radius 2 is 1.67 bits per heavy atom. The van der Waals surface area contributed by atoms with Gasteiger partial charge >= 0.3 is 5.97 Å². The smallest absolute Gasteiger partial charge is 0.342 e. The highest BCUT2D eigenvalue weighted by atomic mass is 19.1. The lowest BCUT2D eigenvalue weighted by molar-refractivity contribution is -0.123. The third kappa shape index (κ3) is 3.72. The Morgan fingerprint density at radius 1 is 1.00 bits per heavy atom. The van der Waals surface area contributed by atoms with E-state index in [9.17, 15) is 23.5 Å². The number of hydrogen-bond donors (Lipinski definition) is 2. The first kappa shape index (κ1) is 18.3. The summed E-state index contributed by atoms with van der Waals surface area (Å²) < 4.78 is 32.2. The number of aromatic hydroxyl groups is 1. The number of para-hydroxylation sites is 1. The van der Waals surface area contributed by atoms with Crippen LogP contribution in [-0.2, 0) is 9.53 Å². The number of carbonyl (C=O) groups excluding carboxylic acids is 2. The number of phenols is 1. The number of nitrogens with one attached hydrogen (secondary N) is 1. The molecule has 27 heavy (non-hydrogen) atoms. The number of rotatable bonds is 4. The zero-order valence-electron chi connectivity index (χ0n) is 14.2. The largest absolute Gasteiger partial charge is 0.506 e. The minimum Gasteiger partial charge on any atom is -0.506 e. The van der Waals surface area contributed by atoms with Crippen molar-refractivity contribution in [1.29, 1.82) is 0 Å². The molecular formula is C20H15F2NO4. The summed E-state index contributed by atoms with van der Waals surface area (Å²) in [5, 5.41) is 13.5. The van der Waals surface area contributed by atoms with E-state index in [1.54, 1.807) is 30.3 Å². The van der Waals surface area contributed by atoms with Crippen LogP contribution in [0.2, 0.25) is 0 Å². The van der Waals surface area contributed by atoms with Crippen molar-refractivity contribution in [2.24, 2.45) is 0 Å². The second-order valence-electron chi connectivity index (χ2n) is 5.82. The highest BCUT2D eigenvalue weighted by Gasteiger charge is 2.23. The van der Waals surface area contributed by atoms with Crippen LogP contribution in [0, 0.1) is 11.6 Å². The van der Waals surface area contributed by atoms with Crippen LogP contribution < -0.4 is 5.32 Å². The molecule has 3 rings (SSSR count). The van der Waals surface area contributed by atoms with Crippen molar-refractivity contribution >= 4 is 28.3 Å². The fourth-order valence-electron chi connectivity index (χ4n) is 2.54. The number of fused-ring (bicyclic) bond motifs is 1. The minimum absolute atomic E-state index is 0.120. The fraction of sp³-hybridized carbons (Fsp3) is 0.100. The topological polar surface area (TPSA) is 75.6 Å². The first-order valence-corrected chi connectivity index (χ1v) is 8.05. The third-order valence-electron chi connectivity index (χ3n) is 3.98. The van der Waals surface area contributed by atoms with Crippen LogP contribution in [0.1, 0.15) is 17.3 Å². The van der Waals surface area contributed by atoms with Gasteiger partial charge in [-0.05, 0) is 30.5 Å². The molecule has 0 unspecified atom stereocenters. The molecule has 0 bridgehead atoms. The lowest BCUT2D eigenvalue weighted by Crippen LogP contribution is -2.30. The molecule has 5 nitrogen and oxygen atoms in total. The summed E-state index contributed by atoms with van der Waals surface area (Å²) >= 11 is 0. The summed E-state index contributed by atoms with van der Waals surface area (Å²) in [7, 11) is 0. The minimum atomic E-state index is -1.35. The SMILES string of the molecule is C[C@H](OC(=O)c1ccc2ccccc2c1O)C(=O)Nc1c(F)cccc1F. The van der Waals surface area contributed by atoms with Crippen LogP contribution in [0.5, 0.6) is 5.75 Å². The van der Waals surface area contributed by atoms with Gasteiger partial charge in [0, 0.05) is 5.39 Å². The van der Waals surface area contributed by atoms with E-state index < -0.39 is 35.3 Å². The maximum atomic E-state index is 13.6. The number of hydrogen-bond acceptors (Lipinski definition) is 4. The maximum Gasteiger partial charge on any atom is 0.342 e. The van der Waals surface area contributed by atoms with E-state index in [2.05, 4.69) is 5.32 Å². The summed E-state index contributed by atoms with van der Waals surface area (Å²) in [4.78, 5) is 24.4. The van der Waals surface area contributed by atoms with Crippen molar-refractivity contribution in [2.75, 3.05) is 5.32 Å². The van der Waals surface area contributed by atoms with E-state index in [1.807, 2.05) is 0 Å². The number of carbonyl (C=O) groups is 2. The van der Waals surface area contributed by atoms with Crippen molar-refractivity contribution in [3.8, 4) is 5.75 Å². The number of amides is 1. The Bertz CT molecular complexity index is 1020. The molecule has 3 aromatic rings. The van der Waals surface area contributed by atoms with Gasteiger partial charge in [0.15, 0.2) is 6.10 Å². The zero-order chi connectivity index (χ0) is 19.6. The molecule has 1 atom stereocenters. The van der Waals surface area contributed by atoms with Gasteiger partial charge in [0.2, 0.25) is 0 Å². The van der Waals surface area contributed by atoms with Gasteiger partial charge in [-0.2, -0.15) is 0 Å². The number of anilines is 1. The molecule has 0 aliphatic carbocycles. The first-order chi connectivity index (χ1) is 12.9. The lowest BCUT2D eigenvalue weighted by atomic mass is 10.1. The molecule has 138 valence electrons. The Kier molecular flexibility index (Phi) is 5.03. The zero-order valence-corrected chi connectivity index (χ0v) is 14.2. The predicted molar refractivity (Wildman–Crippen MR) is 95.5 cm³/mol. The summed E-state index contributed by atoms with van der Waals surface area (Å²) in [6.45, 7) is 1.25. The summed E-state index contributed by atoms with van der Waals surface area (Å²) in [5.74, 6) is -4.02. The summed E-state index contributed by atoms with van der Waals surface area (Å²) in [6.07, 6.45) is -1.35. The standard InChI is InChI=1S/C20H15F2NO4/c1-11(19(25)23-17-15(21)7-4-8-16(17)22)27-20(26)14-10-9-12-5-2-3-6-13(12)18(14)24/h2-11,24H,1H3,(H,23,25)/t11-/m0/s1. The van der Waals surface area contributed by atoms with Gasteiger partial charge in [0.1, 0.15) is 28.6 Å². The fourth-order valence-corrected chi connectivity index (χ4v) is 2.54. The van der Waals surface area contributed by atoms with E-state index in [0.29, 0.717) is 5.39 Å². The van der Waals surface area contributed by atoms with Crippen LogP contribution in [0.4, 0.5) is 14.5 Å². The van der Waals surface area contributed by atoms with Gasteiger partial charge in [-0.25, -0.2) is 13.6 Å². The Balaban J connectivity index is 1.76. The number of halogens is 2. The molecule has 0 saturated heterocycles. The number of esters is 1. The second-order valence-corrected chi connectivity index (χ2v) is 5.82. The molecule has 0 saturated carbocycles. The second kappa shape index (κ2) is 7.41. The van der Waals surface area contributed by atoms with Crippen LogP contribution in [0.15, 0.2) is 54.6 Å². The summed E-state index contributed by atoms with van der Waals surface area (Å²) in [6, 6.07) is 13.0. The van der Waals surface area contributed by atoms with E-state index in [0.717, 1.165) is 23.6 Å². The molecule has 3 aromatic carbocycles. The van der Waals surface area contributed by atoms with Gasteiger partial charge in [0.05, 0.1) is 0 Å². The maximum absolute atomic E-state index is 13.6. The highest BCUT2D eigenvalue weighted by molar-refractivity contribution is 6.02. The summed E-state index contributed by atoms with van der Waals surface area (Å²) in [5.41, 5.74) is -0.746. The average molecular weight is 371 g/mol. The monoisotopic (exact) mass is 371 g/mol. The Labute approximate surface area is 153 Å². The molecule has 0 aliphatic rings. The van der Waals surface area contributed by atoms with Crippen molar-refractivity contribution in [3.63, 3.8) is 0 Å². The van der Waals surface area contributed by atoms with Gasteiger partial charge in [-0.1, -0.05) is 36.4 Å². The van der Waals surface area contributed by atoms with Crippen molar-refractivity contribution in [3.05, 3.63) is 71.8 Å². The Hall–Kier alpha value is -3.48. The van der Waals surface area contributed by atoms with E-state index in [4.69, 9.17) is 4.74 Å². The van der Waals surface area contributed by atoms with Crippen LogP contribution in [-0.4, -0.2) is 23.1 Å². The molecule has 2 N–H and O–H groups in total. The molecule has 0 heterocycles. The van der Waals surface area contributed by atoms with Gasteiger partial charge < -0.3 is 15.2 Å². The normalized spacial score (nSPS) is 11.8. The first-order valence-electron chi connectivity index (χ1n) is 8.05. The van der Waals surface area contributed by atoms with E-state index in [-0.39, 0.29) is 11.3 Å². The van der Waals surface area contributed by atoms with Gasteiger partial charge in [0.25, 0.3) is 5.91 Å². The number of ether oxygens (including phenoxy) is 1. The van der Waals surface area contributed by atoms with Crippen molar-refractivity contribution in [1.82, 2.24) is 0 Å². The number of benzene rings is 3. The Morgan fingerprint density at radius 3 is 2.37 bits per heavy atom. The van der Waals surface area contributed by atoms with Crippen LogP contribution in [0.25, 0.3) is 10.8 Å². The molecule has 0 aliphatic heterocycles. The van der Waals surface area contributed by atoms with Gasteiger partial charge in [-0.3, -0.25) is 4.79 Å². The van der Waals surface area contributed by atoms with Crippen LogP contribution in [0.3, 0.4) is 0 Å². The molecule has 0 fully saturated rings. The average Bonchev–Trinajstić information content (AvgIpc) is 2.65. The number of phenolic OH excluding ortho intramolecular Hbond substituents is 1. The molecule has 1 amide bonds. The molecular weight excluding hydrogens is 356 g/mol. The molecule has 0 aromatic heterocycles. The van der Waals surface area contributed by atoms with Gasteiger partial charge in [-0.15, -0.1) is 0 Å². The highest BCUT2D eigenvalue weighted by Crippen LogP contribution is 2.29. The van der Waals surface area contributed by atoms with Crippen molar-refractivity contribution in [2.45, 2.75) is 13.0 Å².